The number of aliphatic carboxylic acids is 2. The molecule has 0 aromatic carbocycles. The second kappa shape index (κ2) is 8.00. The minimum atomic E-state index is -2.55. The van der Waals surface area contributed by atoms with E-state index in [-0.39, 0.29) is 12.4 Å². The molecule has 0 aliphatic rings. The lowest BCUT2D eigenvalue weighted by Crippen LogP contribution is -2.53. The van der Waals surface area contributed by atoms with Crippen molar-refractivity contribution in [3.8, 4) is 12.3 Å². The zero-order valence-corrected chi connectivity index (χ0v) is 16.0. The number of rotatable bonds is 9. The highest BCUT2D eigenvalue weighted by Gasteiger charge is 2.46. The summed E-state index contributed by atoms with van der Waals surface area (Å²) in [4.78, 5) is 34.9. The van der Waals surface area contributed by atoms with Crippen molar-refractivity contribution in [2.24, 2.45) is 0 Å². The van der Waals surface area contributed by atoms with E-state index in [9.17, 15) is 14.7 Å². The summed E-state index contributed by atoms with van der Waals surface area (Å²) in [7, 11) is 1.21. The smallest absolute Gasteiger partial charge is 0.347 e. The van der Waals surface area contributed by atoms with Gasteiger partial charge < -0.3 is 35.1 Å². The molecule has 12 nitrogen and oxygen atoms in total. The van der Waals surface area contributed by atoms with Crippen LogP contribution in [0.3, 0.4) is 0 Å². The van der Waals surface area contributed by atoms with E-state index in [1.54, 1.807) is 6.92 Å². The van der Waals surface area contributed by atoms with Gasteiger partial charge in [0, 0.05) is 7.11 Å². The second-order valence-corrected chi connectivity index (χ2v) is 6.45. The van der Waals surface area contributed by atoms with E-state index in [0.717, 1.165) is 6.92 Å². The molecule has 2 unspecified atom stereocenters. The summed E-state index contributed by atoms with van der Waals surface area (Å²) >= 11 is 0. The SMILES string of the molecule is C#CC(O)(Cn1cnc2c(N)nc(C)nc21)C(COC(C)(C(=O)O)C(=O)O)OC. The van der Waals surface area contributed by atoms with Gasteiger partial charge in [0.05, 0.1) is 19.5 Å². The van der Waals surface area contributed by atoms with Gasteiger partial charge in [-0.1, -0.05) is 5.92 Å². The number of carboxylic acids is 2. The average Bonchev–Trinajstić information content (AvgIpc) is 3.04. The van der Waals surface area contributed by atoms with Crippen molar-refractivity contribution in [3.63, 3.8) is 0 Å². The van der Waals surface area contributed by atoms with Gasteiger partial charge in [0.25, 0.3) is 5.60 Å². The molecule has 0 amide bonds. The van der Waals surface area contributed by atoms with Crippen molar-refractivity contribution >= 4 is 28.9 Å². The molecule has 0 bridgehead atoms. The van der Waals surface area contributed by atoms with Crippen LogP contribution >= 0.6 is 0 Å². The molecule has 0 radical (unpaired) electrons. The molecular weight excluding hydrogens is 386 g/mol. The topological polar surface area (TPSA) is 183 Å². The van der Waals surface area contributed by atoms with Gasteiger partial charge in [-0.3, -0.25) is 0 Å². The monoisotopic (exact) mass is 407 g/mol. The van der Waals surface area contributed by atoms with Crippen LogP contribution in [0, 0.1) is 19.3 Å². The molecule has 156 valence electrons. The molecule has 0 aliphatic heterocycles. The molecule has 2 atom stereocenters. The molecule has 2 rings (SSSR count). The van der Waals surface area contributed by atoms with Crippen molar-refractivity contribution in [2.45, 2.75) is 37.7 Å². The quantitative estimate of drug-likeness (QED) is 0.296. The molecule has 0 fully saturated rings. The van der Waals surface area contributed by atoms with Crippen LogP contribution in [-0.2, 0) is 25.6 Å². The number of carboxylic acid groups (broad SMARTS) is 2. The summed E-state index contributed by atoms with van der Waals surface area (Å²) in [5.41, 5.74) is 1.88. The summed E-state index contributed by atoms with van der Waals surface area (Å²) in [6, 6.07) is 0. The van der Waals surface area contributed by atoms with E-state index in [2.05, 4.69) is 20.9 Å². The number of nitrogen functional groups attached to an aromatic ring is 1. The molecule has 0 aliphatic carbocycles. The fourth-order valence-electron chi connectivity index (χ4n) is 2.55. The summed E-state index contributed by atoms with van der Waals surface area (Å²) in [5.74, 6) is -0.708. The third-order valence-corrected chi connectivity index (χ3v) is 4.42. The third-order valence-electron chi connectivity index (χ3n) is 4.42. The minimum absolute atomic E-state index is 0.154. The van der Waals surface area contributed by atoms with E-state index in [4.69, 9.17) is 31.8 Å². The number of aliphatic hydroxyl groups is 1. The Hall–Kier alpha value is -3.27. The number of aryl methyl sites for hydroxylation is 1. The van der Waals surface area contributed by atoms with Crippen LogP contribution in [0.4, 0.5) is 5.82 Å². The predicted molar refractivity (Wildman–Crippen MR) is 98.7 cm³/mol. The fraction of sp³-hybridized carbons (Fsp3) is 0.471. The van der Waals surface area contributed by atoms with Crippen LogP contribution in [0.25, 0.3) is 11.2 Å². The van der Waals surface area contributed by atoms with E-state index in [1.165, 1.54) is 18.0 Å². The number of nitrogens with zero attached hydrogens (tertiary/aromatic N) is 4. The first-order chi connectivity index (χ1) is 13.5. The molecule has 29 heavy (non-hydrogen) atoms. The second-order valence-electron chi connectivity index (χ2n) is 6.45. The van der Waals surface area contributed by atoms with E-state index in [0.29, 0.717) is 17.0 Å². The number of anilines is 1. The first-order valence-electron chi connectivity index (χ1n) is 8.27. The molecule has 0 saturated heterocycles. The Morgan fingerprint density at radius 3 is 2.52 bits per heavy atom. The number of hydrogen-bond acceptors (Lipinski definition) is 9. The van der Waals surface area contributed by atoms with E-state index in [1.807, 2.05) is 0 Å². The van der Waals surface area contributed by atoms with Crippen LogP contribution in [0.5, 0.6) is 0 Å². The molecule has 12 heteroatoms. The highest BCUT2D eigenvalue weighted by atomic mass is 16.6. The number of hydrogen-bond donors (Lipinski definition) is 4. The lowest BCUT2D eigenvalue weighted by Gasteiger charge is -2.32. The summed E-state index contributed by atoms with van der Waals surface area (Å²) in [6.45, 7) is 1.61. The zero-order chi connectivity index (χ0) is 22.0. The van der Waals surface area contributed by atoms with Crippen LogP contribution in [0.1, 0.15) is 12.7 Å². The van der Waals surface area contributed by atoms with E-state index >= 15 is 0 Å². The highest BCUT2D eigenvalue weighted by molar-refractivity contribution is 6.01. The van der Waals surface area contributed by atoms with Crippen molar-refractivity contribution in [1.29, 1.82) is 0 Å². The lowest BCUT2D eigenvalue weighted by molar-refractivity contribution is -0.190. The van der Waals surface area contributed by atoms with Gasteiger partial charge in [0.1, 0.15) is 17.4 Å². The maximum atomic E-state index is 11.3. The number of imidazole rings is 1. The van der Waals surface area contributed by atoms with Crippen LogP contribution in [0.2, 0.25) is 0 Å². The maximum absolute atomic E-state index is 11.3. The molecular formula is C17H21N5O7. The summed E-state index contributed by atoms with van der Waals surface area (Å²) in [5, 5.41) is 29.2. The van der Waals surface area contributed by atoms with Crippen LogP contribution in [-0.4, -0.2) is 77.8 Å². The first-order valence-corrected chi connectivity index (χ1v) is 8.27. The number of nitrogens with two attached hydrogens (primary N) is 1. The van der Waals surface area contributed by atoms with Crippen molar-refractivity contribution in [1.82, 2.24) is 19.5 Å². The first kappa shape index (κ1) is 22.0. The Balaban J connectivity index is 2.33. The fourth-order valence-corrected chi connectivity index (χ4v) is 2.55. The summed E-state index contributed by atoms with van der Waals surface area (Å²) in [6.07, 6.45) is 5.58. The van der Waals surface area contributed by atoms with Gasteiger partial charge in [0.2, 0.25) is 0 Å². The molecule has 5 N–H and O–H groups in total. The number of terminal acetylenes is 1. The Bertz CT molecular complexity index is 968. The van der Waals surface area contributed by atoms with Gasteiger partial charge in [-0.15, -0.1) is 6.42 Å². The number of ether oxygens (including phenoxy) is 2. The van der Waals surface area contributed by atoms with Gasteiger partial charge in [-0.05, 0) is 13.8 Å². The van der Waals surface area contributed by atoms with Crippen molar-refractivity contribution < 1.29 is 34.4 Å². The number of methoxy groups -OCH3 is 1. The Kier molecular flexibility index (Phi) is 6.07. The highest BCUT2D eigenvalue weighted by Crippen LogP contribution is 2.23. The largest absolute Gasteiger partial charge is 0.479 e. The molecule has 2 heterocycles. The number of aromatic nitrogens is 4. The van der Waals surface area contributed by atoms with Gasteiger partial charge in [-0.25, -0.2) is 24.5 Å². The molecule has 2 aromatic heterocycles. The standard InChI is InChI=1S/C17H21N5O7/c1-5-17(27,10(28-4)6-29-16(3,14(23)24)15(25)26)7-22-8-19-11-12(18)20-9(2)21-13(11)22/h1,8,10,27H,6-7H2,2-4H3,(H,23,24)(H,25,26)(H2,18,20,21). The summed E-state index contributed by atoms with van der Waals surface area (Å²) < 4.78 is 11.7. The normalized spacial score (nSPS) is 14.9. The van der Waals surface area contributed by atoms with Crippen LogP contribution < -0.4 is 5.73 Å². The molecule has 0 saturated carbocycles. The van der Waals surface area contributed by atoms with Crippen LogP contribution in [0.15, 0.2) is 6.33 Å². The molecule has 0 spiro atoms. The van der Waals surface area contributed by atoms with Crippen molar-refractivity contribution in [3.05, 3.63) is 12.2 Å². The van der Waals surface area contributed by atoms with Gasteiger partial charge in [-0.2, -0.15) is 0 Å². The maximum Gasteiger partial charge on any atom is 0.347 e. The minimum Gasteiger partial charge on any atom is -0.479 e. The third kappa shape index (κ3) is 4.11. The Morgan fingerprint density at radius 2 is 2.00 bits per heavy atom. The van der Waals surface area contributed by atoms with Gasteiger partial charge >= 0.3 is 11.9 Å². The Morgan fingerprint density at radius 1 is 1.38 bits per heavy atom. The number of fused-ring (bicyclic) bond motifs is 1. The van der Waals surface area contributed by atoms with E-state index < -0.39 is 35.9 Å². The average molecular weight is 407 g/mol. The Labute approximate surface area is 165 Å². The van der Waals surface area contributed by atoms with Crippen molar-refractivity contribution in [2.75, 3.05) is 19.5 Å². The zero-order valence-electron chi connectivity index (χ0n) is 16.0. The lowest BCUT2D eigenvalue weighted by atomic mass is 9.97. The predicted octanol–water partition coefficient (Wildman–Crippen LogP) is -0.959. The number of carbonyl (C=O) groups is 2. The molecule has 2 aromatic rings. The van der Waals surface area contributed by atoms with Gasteiger partial charge in [0.15, 0.2) is 17.1 Å².